The van der Waals surface area contributed by atoms with Crippen molar-refractivity contribution in [2.75, 3.05) is 7.11 Å². The van der Waals surface area contributed by atoms with Crippen LogP contribution in [0.25, 0.3) is 0 Å². The molecule has 0 aliphatic rings. The van der Waals surface area contributed by atoms with Gasteiger partial charge in [-0.2, -0.15) is 0 Å². The van der Waals surface area contributed by atoms with Crippen LogP contribution in [0.2, 0.25) is 0 Å². The molecular weight excluding hydrogens is 281 g/mol. The van der Waals surface area contributed by atoms with Gasteiger partial charge >= 0.3 is 7.12 Å². The maximum atomic E-state index is 13.5. The zero-order valence-corrected chi connectivity index (χ0v) is 11.2. The van der Waals surface area contributed by atoms with Gasteiger partial charge in [-0.15, -0.1) is 0 Å². The van der Waals surface area contributed by atoms with Gasteiger partial charge < -0.3 is 19.5 Å². The molecule has 2 rings (SSSR count). The molecule has 2 N–H and O–H groups in total. The van der Waals surface area contributed by atoms with E-state index in [1.165, 1.54) is 25.3 Å². The van der Waals surface area contributed by atoms with Gasteiger partial charge in [0.2, 0.25) is 0 Å². The lowest BCUT2D eigenvalue weighted by Crippen LogP contribution is -2.30. The smallest absolute Gasteiger partial charge is 0.488 e. The lowest BCUT2D eigenvalue weighted by Gasteiger charge is -2.12. The Balaban J connectivity index is 2.20. The van der Waals surface area contributed by atoms with Crippen molar-refractivity contribution in [3.63, 3.8) is 0 Å². The fraction of sp³-hybridized carbons (Fsp3) is 0.143. The fourth-order valence-electron chi connectivity index (χ4n) is 1.82. The standard InChI is InChI=1S/C14H13BF2O4/c1-20-13-4-2-10(15(18)19)6-9(13)8-21-14-5-3-11(16)7-12(14)17/h2-7,18-19H,8H2,1H3. The first-order chi connectivity index (χ1) is 10.0. The van der Waals surface area contributed by atoms with Crippen molar-refractivity contribution in [2.45, 2.75) is 6.61 Å². The lowest BCUT2D eigenvalue weighted by molar-refractivity contribution is 0.282. The molecule has 0 bridgehead atoms. The molecule has 0 heterocycles. The van der Waals surface area contributed by atoms with Gasteiger partial charge in [-0.25, -0.2) is 8.78 Å². The number of hydrogen-bond donors (Lipinski definition) is 2. The first-order valence-electron chi connectivity index (χ1n) is 6.12. The van der Waals surface area contributed by atoms with Gasteiger partial charge in [0, 0.05) is 11.6 Å². The van der Waals surface area contributed by atoms with Crippen LogP contribution in [0.5, 0.6) is 11.5 Å². The van der Waals surface area contributed by atoms with Crippen molar-refractivity contribution in [1.29, 1.82) is 0 Å². The molecule has 0 aliphatic heterocycles. The summed E-state index contributed by atoms with van der Waals surface area (Å²) in [6.45, 7) is -0.0632. The summed E-state index contributed by atoms with van der Waals surface area (Å²) >= 11 is 0. The molecule has 0 spiro atoms. The van der Waals surface area contributed by atoms with Gasteiger partial charge in [-0.3, -0.25) is 0 Å². The van der Waals surface area contributed by atoms with Gasteiger partial charge in [0.1, 0.15) is 18.2 Å². The van der Waals surface area contributed by atoms with Gasteiger partial charge in [0.15, 0.2) is 11.6 Å². The van der Waals surface area contributed by atoms with Gasteiger partial charge in [-0.05, 0) is 23.7 Å². The highest BCUT2D eigenvalue weighted by Crippen LogP contribution is 2.22. The molecule has 0 radical (unpaired) electrons. The molecular formula is C14H13BF2O4. The molecule has 2 aromatic carbocycles. The molecule has 110 valence electrons. The molecule has 0 aromatic heterocycles. The summed E-state index contributed by atoms with van der Waals surface area (Å²) in [6, 6.07) is 7.51. The Hall–Kier alpha value is -2.12. The van der Waals surface area contributed by atoms with E-state index in [4.69, 9.17) is 19.5 Å². The number of halogens is 2. The average Bonchev–Trinajstić information content (AvgIpc) is 2.46. The zero-order chi connectivity index (χ0) is 15.4. The molecule has 0 fully saturated rings. The second-order valence-corrected chi connectivity index (χ2v) is 4.31. The van der Waals surface area contributed by atoms with Crippen LogP contribution in [0.3, 0.4) is 0 Å². The molecule has 0 saturated heterocycles. The predicted molar refractivity (Wildman–Crippen MR) is 73.5 cm³/mol. The molecule has 21 heavy (non-hydrogen) atoms. The van der Waals surface area contributed by atoms with Crippen LogP contribution in [0.1, 0.15) is 5.56 Å². The summed E-state index contributed by atoms with van der Waals surface area (Å²) in [6.07, 6.45) is 0. The quantitative estimate of drug-likeness (QED) is 0.814. The summed E-state index contributed by atoms with van der Waals surface area (Å²) in [5.41, 5.74) is 0.765. The molecule has 0 aliphatic carbocycles. The molecule has 0 unspecified atom stereocenters. The van der Waals surface area contributed by atoms with E-state index in [9.17, 15) is 8.78 Å². The molecule has 2 aromatic rings. The second kappa shape index (κ2) is 6.56. The first kappa shape index (κ1) is 15.3. The number of methoxy groups -OCH3 is 1. The van der Waals surface area contributed by atoms with Crippen molar-refractivity contribution < 1.29 is 28.3 Å². The van der Waals surface area contributed by atoms with E-state index in [2.05, 4.69) is 0 Å². The summed E-state index contributed by atoms with van der Waals surface area (Å²) < 4.78 is 36.7. The van der Waals surface area contributed by atoms with Crippen LogP contribution in [-0.2, 0) is 6.61 Å². The number of rotatable bonds is 5. The maximum Gasteiger partial charge on any atom is 0.488 e. The van der Waals surface area contributed by atoms with E-state index in [0.717, 1.165) is 12.1 Å². The zero-order valence-electron chi connectivity index (χ0n) is 11.2. The van der Waals surface area contributed by atoms with Crippen molar-refractivity contribution in [2.24, 2.45) is 0 Å². The third-order valence-corrected chi connectivity index (χ3v) is 2.88. The Bertz CT molecular complexity index is 634. The Kier molecular flexibility index (Phi) is 4.77. The topological polar surface area (TPSA) is 58.9 Å². The monoisotopic (exact) mass is 294 g/mol. The van der Waals surface area contributed by atoms with Crippen molar-refractivity contribution in [3.05, 3.63) is 53.6 Å². The molecule has 0 atom stereocenters. The van der Waals surface area contributed by atoms with E-state index in [1.807, 2.05) is 0 Å². The van der Waals surface area contributed by atoms with E-state index in [1.54, 1.807) is 6.07 Å². The molecule has 0 saturated carbocycles. The van der Waals surface area contributed by atoms with Crippen LogP contribution in [-0.4, -0.2) is 24.3 Å². The van der Waals surface area contributed by atoms with E-state index >= 15 is 0 Å². The number of hydrogen-bond acceptors (Lipinski definition) is 4. The minimum Gasteiger partial charge on any atom is -0.496 e. The Morgan fingerprint density at radius 1 is 1.05 bits per heavy atom. The minimum atomic E-state index is -1.63. The van der Waals surface area contributed by atoms with Gasteiger partial charge in [0.05, 0.1) is 7.11 Å². The van der Waals surface area contributed by atoms with Crippen LogP contribution in [0, 0.1) is 11.6 Å². The Morgan fingerprint density at radius 3 is 2.38 bits per heavy atom. The predicted octanol–water partition coefficient (Wildman–Crippen LogP) is 1.23. The van der Waals surface area contributed by atoms with Crippen LogP contribution in [0.15, 0.2) is 36.4 Å². The van der Waals surface area contributed by atoms with Crippen molar-refractivity contribution in [3.8, 4) is 11.5 Å². The van der Waals surface area contributed by atoms with Crippen molar-refractivity contribution in [1.82, 2.24) is 0 Å². The molecule has 0 amide bonds. The lowest BCUT2D eigenvalue weighted by atomic mass is 9.79. The second-order valence-electron chi connectivity index (χ2n) is 4.31. The maximum absolute atomic E-state index is 13.5. The summed E-state index contributed by atoms with van der Waals surface area (Å²) in [7, 11) is -0.177. The van der Waals surface area contributed by atoms with Crippen LogP contribution in [0.4, 0.5) is 8.78 Å². The highest BCUT2D eigenvalue weighted by molar-refractivity contribution is 6.58. The number of ether oxygens (including phenoxy) is 2. The highest BCUT2D eigenvalue weighted by atomic mass is 19.1. The normalized spacial score (nSPS) is 10.3. The van der Waals surface area contributed by atoms with E-state index < -0.39 is 18.8 Å². The average molecular weight is 294 g/mol. The van der Waals surface area contributed by atoms with Crippen molar-refractivity contribution >= 4 is 12.6 Å². The van der Waals surface area contributed by atoms with Gasteiger partial charge in [0.25, 0.3) is 0 Å². The highest BCUT2D eigenvalue weighted by Gasteiger charge is 2.15. The summed E-state index contributed by atoms with van der Waals surface area (Å²) in [4.78, 5) is 0. The van der Waals surface area contributed by atoms with E-state index in [-0.39, 0.29) is 17.8 Å². The SMILES string of the molecule is COc1ccc(B(O)O)cc1COc1ccc(F)cc1F. The minimum absolute atomic E-state index is 0.0632. The summed E-state index contributed by atoms with van der Waals surface area (Å²) in [5, 5.41) is 18.3. The first-order valence-corrected chi connectivity index (χ1v) is 6.12. The third-order valence-electron chi connectivity index (χ3n) is 2.88. The fourth-order valence-corrected chi connectivity index (χ4v) is 1.82. The van der Waals surface area contributed by atoms with Gasteiger partial charge in [-0.1, -0.05) is 12.1 Å². The molecule has 4 nitrogen and oxygen atoms in total. The molecule has 7 heteroatoms. The number of benzene rings is 2. The Morgan fingerprint density at radius 2 is 1.76 bits per heavy atom. The Labute approximate surface area is 120 Å². The largest absolute Gasteiger partial charge is 0.496 e. The van der Waals surface area contributed by atoms with Crippen LogP contribution < -0.4 is 14.9 Å². The van der Waals surface area contributed by atoms with Crippen LogP contribution >= 0.6 is 0 Å². The van der Waals surface area contributed by atoms with E-state index in [0.29, 0.717) is 11.3 Å². The summed E-state index contributed by atoms with van der Waals surface area (Å²) in [5.74, 6) is -1.15. The third kappa shape index (κ3) is 3.71.